The summed E-state index contributed by atoms with van der Waals surface area (Å²) in [6.07, 6.45) is 0. The van der Waals surface area contributed by atoms with Crippen molar-refractivity contribution in [1.29, 1.82) is 0 Å². The largest absolute Gasteiger partial charge is 0.324 e. The van der Waals surface area contributed by atoms with Gasteiger partial charge in [-0.3, -0.25) is 9.59 Å². The van der Waals surface area contributed by atoms with Crippen molar-refractivity contribution in [3.8, 4) is 0 Å². The van der Waals surface area contributed by atoms with Gasteiger partial charge in [0.05, 0.1) is 6.04 Å². The molecule has 1 atom stereocenters. The summed E-state index contributed by atoms with van der Waals surface area (Å²) in [5, 5.41) is 2.91. The molecule has 1 aliphatic heterocycles. The highest BCUT2D eigenvalue weighted by atomic mass is 16.2. The number of aryl methyl sites for hydroxylation is 1. The lowest BCUT2D eigenvalue weighted by atomic mass is 9.95. The van der Waals surface area contributed by atoms with Crippen molar-refractivity contribution < 1.29 is 9.59 Å². The van der Waals surface area contributed by atoms with Crippen molar-refractivity contribution in [3.63, 3.8) is 0 Å². The number of carbonyl (C=O) groups is 2. The van der Waals surface area contributed by atoms with Crippen LogP contribution >= 0.6 is 0 Å². The van der Waals surface area contributed by atoms with E-state index in [-0.39, 0.29) is 24.4 Å². The van der Waals surface area contributed by atoms with E-state index in [1.807, 2.05) is 55.5 Å². The zero-order valence-electron chi connectivity index (χ0n) is 12.7. The minimum Gasteiger partial charge on any atom is -0.324 e. The molecule has 0 fully saturated rings. The van der Waals surface area contributed by atoms with E-state index in [4.69, 9.17) is 0 Å². The third kappa shape index (κ3) is 2.60. The van der Waals surface area contributed by atoms with Crippen LogP contribution < -0.4 is 5.32 Å². The molecule has 0 bridgehead atoms. The molecule has 0 aliphatic carbocycles. The molecule has 0 radical (unpaired) electrons. The molecule has 112 valence electrons. The first kappa shape index (κ1) is 14.3. The Morgan fingerprint density at radius 1 is 1.18 bits per heavy atom. The second kappa shape index (κ2) is 5.64. The van der Waals surface area contributed by atoms with E-state index < -0.39 is 0 Å². The number of rotatable bonds is 1. The lowest BCUT2D eigenvalue weighted by Gasteiger charge is -2.29. The number of nitrogens with one attached hydrogen (secondary N) is 1. The van der Waals surface area contributed by atoms with Crippen molar-refractivity contribution >= 4 is 17.5 Å². The zero-order chi connectivity index (χ0) is 15.7. The fraction of sp³-hybridized carbons (Fsp3) is 0.222. The van der Waals surface area contributed by atoms with Crippen molar-refractivity contribution in [2.24, 2.45) is 0 Å². The normalized spacial score (nSPS) is 17.5. The first-order valence-electron chi connectivity index (χ1n) is 7.29. The molecule has 2 aromatic rings. The van der Waals surface area contributed by atoms with Crippen LogP contribution in [0.2, 0.25) is 0 Å². The van der Waals surface area contributed by atoms with Crippen LogP contribution in [-0.4, -0.2) is 23.3 Å². The van der Waals surface area contributed by atoms with Crippen LogP contribution in [0, 0.1) is 6.92 Å². The Kier molecular flexibility index (Phi) is 3.67. The number of fused-ring (bicyclic) bond motifs is 1. The van der Waals surface area contributed by atoms with Gasteiger partial charge in [-0.25, -0.2) is 0 Å². The van der Waals surface area contributed by atoms with Gasteiger partial charge in [0, 0.05) is 18.2 Å². The van der Waals surface area contributed by atoms with Crippen LogP contribution in [-0.2, 0) is 9.59 Å². The lowest BCUT2D eigenvalue weighted by molar-refractivity contribution is -0.134. The summed E-state index contributed by atoms with van der Waals surface area (Å²) in [5.41, 5.74) is 3.79. The number of nitrogens with zero attached hydrogens (tertiary/aromatic N) is 1. The molecule has 0 saturated carbocycles. The van der Waals surface area contributed by atoms with Gasteiger partial charge in [-0.15, -0.1) is 0 Å². The summed E-state index contributed by atoms with van der Waals surface area (Å²) in [7, 11) is 0. The smallest absolute Gasteiger partial charge is 0.244 e. The molecule has 0 spiro atoms. The average molecular weight is 294 g/mol. The number of anilines is 1. The summed E-state index contributed by atoms with van der Waals surface area (Å²) < 4.78 is 0. The zero-order valence-corrected chi connectivity index (χ0v) is 12.7. The van der Waals surface area contributed by atoms with Crippen LogP contribution in [0.4, 0.5) is 5.69 Å². The summed E-state index contributed by atoms with van der Waals surface area (Å²) >= 11 is 0. The van der Waals surface area contributed by atoms with Gasteiger partial charge in [0.2, 0.25) is 11.8 Å². The fourth-order valence-electron chi connectivity index (χ4n) is 2.91. The number of benzene rings is 2. The van der Waals surface area contributed by atoms with E-state index in [1.54, 1.807) is 4.90 Å². The van der Waals surface area contributed by atoms with Gasteiger partial charge in [0.15, 0.2) is 0 Å². The van der Waals surface area contributed by atoms with Gasteiger partial charge < -0.3 is 10.2 Å². The van der Waals surface area contributed by atoms with Crippen molar-refractivity contribution in [2.45, 2.75) is 19.9 Å². The number of hydrogen-bond donors (Lipinski definition) is 1. The molecule has 1 heterocycles. The molecule has 1 N–H and O–H groups in total. The van der Waals surface area contributed by atoms with Crippen LogP contribution in [0.15, 0.2) is 48.5 Å². The minimum absolute atomic E-state index is 0.0582. The topological polar surface area (TPSA) is 49.4 Å². The van der Waals surface area contributed by atoms with E-state index in [0.29, 0.717) is 0 Å². The Morgan fingerprint density at radius 3 is 2.59 bits per heavy atom. The van der Waals surface area contributed by atoms with E-state index in [0.717, 1.165) is 22.4 Å². The molecule has 4 heteroatoms. The first-order chi connectivity index (χ1) is 10.6. The molecule has 0 saturated heterocycles. The molecule has 2 aromatic carbocycles. The predicted octanol–water partition coefficient (Wildman–Crippen LogP) is 2.89. The maximum atomic E-state index is 12.1. The average Bonchev–Trinajstić information content (AvgIpc) is 2.63. The first-order valence-corrected chi connectivity index (χ1v) is 7.29. The van der Waals surface area contributed by atoms with Gasteiger partial charge in [-0.1, -0.05) is 42.5 Å². The highest BCUT2D eigenvalue weighted by molar-refractivity contribution is 5.96. The second-order valence-electron chi connectivity index (χ2n) is 5.60. The highest BCUT2D eigenvalue weighted by Crippen LogP contribution is 2.36. The van der Waals surface area contributed by atoms with Crippen LogP contribution in [0.25, 0.3) is 0 Å². The number of hydrogen-bond acceptors (Lipinski definition) is 2. The Morgan fingerprint density at radius 2 is 1.91 bits per heavy atom. The lowest BCUT2D eigenvalue weighted by Crippen LogP contribution is -2.37. The monoisotopic (exact) mass is 294 g/mol. The van der Waals surface area contributed by atoms with E-state index in [2.05, 4.69) is 5.32 Å². The quantitative estimate of drug-likeness (QED) is 0.879. The Hall–Kier alpha value is -2.62. The molecule has 0 unspecified atom stereocenters. The summed E-state index contributed by atoms with van der Waals surface area (Å²) in [5.74, 6) is -0.280. The van der Waals surface area contributed by atoms with Crippen LogP contribution in [0.5, 0.6) is 0 Å². The standard InChI is InChI=1S/C18H18N2O2/c1-12-8-9-15-16(10-12)19-17(22)11-20(13(2)21)18(15)14-6-4-3-5-7-14/h3-10,18H,11H2,1-2H3,(H,19,22)/t18-/m0/s1. The Bertz CT molecular complexity index is 725. The maximum absolute atomic E-state index is 12.1. The molecular formula is C18H18N2O2. The van der Waals surface area contributed by atoms with Gasteiger partial charge in [-0.05, 0) is 24.1 Å². The van der Waals surface area contributed by atoms with E-state index in [1.165, 1.54) is 6.92 Å². The highest BCUT2D eigenvalue weighted by Gasteiger charge is 2.31. The SMILES string of the molecule is CC(=O)N1CC(=O)Nc2cc(C)ccc2[C@@H]1c1ccccc1. The molecule has 3 rings (SSSR count). The summed E-state index contributed by atoms with van der Waals surface area (Å²) in [6, 6.07) is 15.5. The van der Waals surface area contributed by atoms with Gasteiger partial charge in [-0.2, -0.15) is 0 Å². The van der Waals surface area contributed by atoms with E-state index in [9.17, 15) is 9.59 Å². The summed E-state index contributed by atoms with van der Waals surface area (Å²) in [4.78, 5) is 25.9. The Balaban J connectivity index is 2.21. The van der Waals surface area contributed by atoms with Crippen molar-refractivity contribution in [3.05, 3.63) is 65.2 Å². The van der Waals surface area contributed by atoms with Crippen LogP contribution in [0.3, 0.4) is 0 Å². The Labute approximate surface area is 129 Å². The maximum Gasteiger partial charge on any atom is 0.244 e. The van der Waals surface area contributed by atoms with E-state index >= 15 is 0 Å². The van der Waals surface area contributed by atoms with Crippen LogP contribution in [0.1, 0.15) is 29.7 Å². The molecule has 0 aromatic heterocycles. The minimum atomic E-state index is -0.256. The molecular weight excluding hydrogens is 276 g/mol. The fourth-order valence-corrected chi connectivity index (χ4v) is 2.91. The second-order valence-corrected chi connectivity index (χ2v) is 5.60. The van der Waals surface area contributed by atoms with Crippen molar-refractivity contribution in [1.82, 2.24) is 4.90 Å². The number of amides is 2. The molecule has 4 nitrogen and oxygen atoms in total. The van der Waals surface area contributed by atoms with Crippen molar-refractivity contribution in [2.75, 3.05) is 11.9 Å². The van der Waals surface area contributed by atoms with Gasteiger partial charge in [0.25, 0.3) is 0 Å². The summed E-state index contributed by atoms with van der Waals surface area (Å²) in [6.45, 7) is 3.54. The third-order valence-electron chi connectivity index (χ3n) is 3.92. The molecule has 2 amide bonds. The number of carbonyl (C=O) groups excluding carboxylic acids is 2. The van der Waals surface area contributed by atoms with Gasteiger partial charge in [0.1, 0.15) is 6.54 Å². The molecule has 22 heavy (non-hydrogen) atoms. The third-order valence-corrected chi connectivity index (χ3v) is 3.92. The molecule has 1 aliphatic rings. The van der Waals surface area contributed by atoms with Gasteiger partial charge >= 0.3 is 0 Å². The predicted molar refractivity (Wildman–Crippen MR) is 85.5 cm³/mol.